The van der Waals surface area contributed by atoms with Crippen LogP contribution in [0.2, 0.25) is 0 Å². The van der Waals surface area contributed by atoms with E-state index in [1.165, 1.54) is 19.2 Å². The first-order chi connectivity index (χ1) is 15.2. The monoisotopic (exact) mass is 469 g/mol. The van der Waals surface area contributed by atoms with Crippen LogP contribution in [0.3, 0.4) is 0 Å². The molecule has 0 atom stereocenters. The molecular formula is C22H26F3N3O3S. The van der Waals surface area contributed by atoms with Gasteiger partial charge in [-0.05, 0) is 45.0 Å². The van der Waals surface area contributed by atoms with Gasteiger partial charge < -0.3 is 15.0 Å². The van der Waals surface area contributed by atoms with Crippen molar-refractivity contribution in [3.63, 3.8) is 0 Å². The van der Waals surface area contributed by atoms with Crippen molar-refractivity contribution in [3.05, 3.63) is 70.3 Å². The molecule has 0 bridgehead atoms. The average molecular weight is 470 g/mol. The summed E-state index contributed by atoms with van der Waals surface area (Å²) in [5.74, 6) is 0. The van der Waals surface area contributed by atoms with Gasteiger partial charge in [-0.3, -0.25) is 4.79 Å². The highest BCUT2D eigenvalue weighted by atomic mass is 32.2. The number of halogens is 3. The van der Waals surface area contributed by atoms with Gasteiger partial charge in [-0.1, -0.05) is 40.6 Å². The molecule has 0 aliphatic carbocycles. The summed E-state index contributed by atoms with van der Waals surface area (Å²) in [6.45, 7) is 1.84. The zero-order valence-corrected chi connectivity index (χ0v) is 19.3. The summed E-state index contributed by atoms with van der Waals surface area (Å²) >= 11 is 1.16. The number of nitrogens with zero attached hydrogens (tertiary/aromatic N) is 2. The molecular weight excluding hydrogens is 443 g/mol. The number of nitrogens with one attached hydrogen (secondary N) is 1. The van der Waals surface area contributed by atoms with E-state index in [2.05, 4.69) is 15.6 Å². The number of alkyl halides is 3. The Labute approximate surface area is 189 Å². The molecule has 0 heterocycles. The van der Waals surface area contributed by atoms with E-state index in [0.717, 1.165) is 29.5 Å². The minimum Gasteiger partial charge on any atom is -0.399 e. The fourth-order valence-corrected chi connectivity index (χ4v) is 3.05. The van der Waals surface area contributed by atoms with E-state index in [9.17, 15) is 18.0 Å². The van der Waals surface area contributed by atoms with Gasteiger partial charge in [0.1, 0.15) is 24.5 Å². The van der Waals surface area contributed by atoms with E-state index in [-0.39, 0.29) is 12.3 Å². The summed E-state index contributed by atoms with van der Waals surface area (Å²) < 4.78 is 38.8. The quantitative estimate of drug-likeness (QED) is 0.277. The molecule has 10 heteroatoms. The Morgan fingerprint density at radius 2 is 1.81 bits per heavy atom. The Morgan fingerprint density at radius 3 is 2.38 bits per heavy atom. The van der Waals surface area contributed by atoms with Gasteiger partial charge in [0.25, 0.3) is 0 Å². The van der Waals surface area contributed by atoms with Crippen molar-refractivity contribution in [2.75, 3.05) is 27.5 Å². The van der Waals surface area contributed by atoms with Gasteiger partial charge in [-0.2, -0.15) is 13.2 Å². The molecule has 0 radical (unpaired) electrons. The second kappa shape index (κ2) is 13.5. The van der Waals surface area contributed by atoms with Crippen LogP contribution in [0.15, 0.2) is 52.8 Å². The Bertz CT molecular complexity index is 948. The van der Waals surface area contributed by atoms with Gasteiger partial charge in [-0.15, -0.1) is 11.8 Å². The number of benzene rings is 2. The lowest BCUT2D eigenvalue weighted by Gasteiger charge is -2.12. The van der Waals surface area contributed by atoms with Crippen LogP contribution in [-0.2, 0) is 27.3 Å². The molecule has 0 aliphatic heterocycles. The maximum Gasteiger partial charge on any atom is 0.416 e. The number of hydrogen-bond donors (Lipinski definition) is 1. The first-order valence-corrected chi connectivity index (χ1v) is 10.6. The van der Waals surface area contributed by atoms with Crippen LogP contribution in [0, 0.1) is 6.92 Å². The minimum atomic E-state index is -4.44. The van der Waals surface area contributed by atoms with Gasteiger partial charge in [-0.25, -0.2) is 0 Å². The van der Waals surface area contributed by atoms with Crippen LogP contribution in [-0.4, -0.2) is 44.5 Å². The van der Waals surface area contributed by atoms with E-state index in [4.69, 9.17) is 9.68 Å². The lowest BCUT2D eigenvalue weighted by molar-refractivity contribution is -0.137. The number of aryl methyl sites for hydroxylation is 1. The molecule has 2 aromatic rings. The van der Waals surface area contributed by atoms with Crippen molar-refractivity contribution in [2.24, 2.45) is 10.3 Å². The SMILES string of the molecule is CNC.CO/N=C(/C=O)c1cccc(C)c1CO/N=C(\SC)c1cccc(C(F)(F)F)c1. The third kappa shape index (κ3) is 8.01. The minimum absolute atomic E-state index is 0.00159. The predicted molar refractivity (Wildman–Crippen MR) is 122 cm³/mol. The fraction of sp³-hybridized carbons (Fsp3) is 0.318. The summed E-state index contributed by atoms with van der Waals surface area (Å²) in [5, 5.41) is 10.7. The molecule has 0 spiro atoms. The Kier molecular flexibility index (Phi) is 11.5. The second-order valence-corrected chi connectivity index (χ2v) is 7.13. The number of hydrogen-bond acceptors (Lipinski definition) is 7. The second-order valence-electron chi connectivity index (χ2n) is 6.33. The van der Waals surface area contributed by atoms with Gasteiger partial charge in [0.15, 0.2) is 6.29 Å². The number of thioether (sulfide) groups is 1. The van der Waals surface area contributed by atoms with E-state index in [1.54, 1.807) is 18.4 Å². The van der Waals surface area contributed by atoms with Crippen molar-refractivity contribution < 1.29 is 27.6 Å². The van der Waals surface area contributed by atoms with Crippen LogP contribution in [0.4, 0.5) is 13.2 Å². The highest BCUT2D eigenvalue weighted by molar-refractivity contribution is 8.13. The molecule has 174 valence electrons. The first-order valence-electron chi connectivity index (χ1n) is 9.38. The number of oxime groups is 2. The van der Waals surface area contributed by atoms with Gasteiger partial charge in [0.05, 0.1) is 5.56 Å². The summed E-state index contributed by atoms with van der Waals surface area (Å²) in [7, 11) is 5.08. The molecule has 32 heavy (non-hydrogen) atoms. The van der Waals surface area contributed by atoms with Crippen molar-refractivity contribution in [3.8, 4) is 0 Å². The number of carbonyl (C=O) groups excluding carboxylic acids is 1. The van der Waals surface area contributed by atoms with E-state index >= 15 is 0 Å². The maximum absolute atomic E-state index is 12.9. The van der Waals surface area contributed by atoms with Gasteiger partial charge >= 0.3 is 6.18 Å². The van der Waals surface area contributed by atoms with Crippen molar-refractivity contribution in [1.82, 2.24) is 5.32 Å². The molecule has 0 saturated carbocycles. The fourth-order valence-electron chi connectivity index (χ4n) is 2.56. The molecule has 0 aliphatic rings. The summed E-state index contributed by atoms with van der Waals surface area (Å²) in [4.78, 5) is 21.4. The highest BCUT2D eigenvalue weighted by Crippen LogP contribution is 2.30. The summed E-state index contributed by atoms with van der Waals surface area (Å²) in [5.41, 5.74) is 1.68. The lowest BCUT2D eigenvalue weighted by Crippen LogP contribution is -2.09. The average Bonchev–Trinajstić information content (AvgIpc) is 2.76. The third-order valence-electron chi connectivity index (χ3n) is 3.97. The number of carbonyl (C=O) groups is 1. The van der Waals surface area contributed by atoms with Crippen LogP contribution >= 0.6 is 11.8 Å². The largest absolute Gasteiger partial charge is 0.416 e. The van der Waals surface area contributed by atoms with Gasteiger partial charge in [0, 0.05) is 16.7 Å². The standard InChI is InChI=1S/C20H19F3N2O3S.C2H7N/c1-13-6-4-9-16(18(11-26)24-27-2)17(13)12-28-25-19(29-3)14-7-5-8-15(10-14)20(21,22)23;1-3-2/h4-11H,12H2,1-3H3;3H,1-2H3/b24-18-,25-19-;. The molecule has 6 nitrogen and oxygen atoms in total. The molecule has 0 aromatic heterocycles. The van der Waals surface area contributed by atoms with Crippen LogP contribution in [0.5, 0.6) is 0 Å². The zero-order chi connectivity index (χ0) is 24.1. The zero-order valence-electron chi connectivity index (χ0n) is 18.5. The van der Waals surface area contributed by atoms with Crippen molar-refractivity contribution in [2.45, 2.75) is 19.7 Å². The van der Waals surface area contributed by atoms with Crippen LogP contribution in [0.25, 0.3) is 0 Å². The van der Waals surface area contributed by atoms with Crippen molar-refractivity contribution in [1.29, 1.82) is 0 Å². The molecule has 2 aromatic carbocycles. The summed E-state index contributed by atoms with van der Waals surface area (Å²) in [6.07, 6.45) is -2.18. The third-order valence-corrected chi connectivity index (χ3v) is 4.67. The number of aldehydes is 1. The van der Waals surface area contributed by atoms with Crippen molar-refractivity contribution >= 4 is 28.8 Å². The highest BCUT2D eigenvalue weighted by Gasteiger charge is 2.30. The first kappa shape index (κ1) is 27.2. The van der Waals surface area contributed by atoms with Crippen LogP contribution in [0.1, 0.15) is 27.8 Å². The Morgan fingerprint density at radius 1 is 1.16 bits per heavy atom. The van der Waals surface area contributed by atoms with Gasteiger partial charge in [0.2, 0.25) is 0 Å². The predicted octanol–water partition coefficient (Wildman–Crippen LogP) is 4.64. The van der Waals surface area contributed by atoms with E-state index in [1.807, 2.05) is 27.1 Å². The smallest absolute Gasteiger partial charge is 0.399 e. The van der Waals surface area contributed by atoms with E-state index < -0.39 is 11.7 Å². The summed E-state index contributed by atoms with van der Waals surface area (Å²) in [6, 6.07) is 10.2. The number of rotatable bonds is 7. The van der Waals surface area contributed by atoms with Crippen LogP contribution < -0.4 is 5.32 Å². The molecule has 0 saturated heterocycles. The molecule has 1 N–H and O–H groups in total. The molecule has 0 unspecified atom stereocenters. The Hall–Kier alpha value is -2.85. The topological polar surface area (TPSA) is 72.3 Å². The molecule has 0 fully saturated rings. The normalized spacial score (nSPS) is 12.0. The molecule has 2 rings (SSSR count). The lowest BCUT2D eigenvalue weighted by atomic mass is 9.99. The van der Waals surface area contributed by atoms with E-state index in [0.29, 0.717) is 28.0 Å². The molecule has 0 amide bonds. The maximum atomic E-state index is 12.9. The Balaban J connectivity index is 0.00000161.